The predicted octanol–water partition coefficient (Wildman–Crippen LogP) is 4.48. The number of rotatable bonds is 4. The predicted molar refractivity (Wildman–Crippen MR) is 94.0 cm³/mol. The lowest BCUT2D eigenvalue weighted by Crippen LogP contribution is -2.17. The lowest BCUT2D eigenvalue weighted by Gasteiger charge is -2.11. The fourth-order valence-corrected chi connectivity index (χ4v) is 2.93. The van der Waals surface area contributed by atoms with Crippen LogP contribution in [-0.4, -0.2) is 15.6 Å². The van der Waals surface area contributed by atoms with E-state index < -0.39 is 0 Å². The number of hydrogen-bond acceptors (Lipinski definition) is 4. The summed E-state index contributed by atoms with van der Waals surface area (Å²) >= 11 is 6.27. The van der Waals surface area contributed by atoms with Crippen molar-refractivity contribution in [3.05, 3.63) is 70.8 Å². The van der Waals surface area contributed by atoms with E-state index in [1.54, 1.807) is 25.3 Å². The zero-order chi connectivity index (χ0) is 17.4. The first-order valence-corrected chi connectivity index (χ1v) is 8.04. The van der Waals surface area contributed by atoms with Crippen molar-refractivity contribution >= 4 is 34.4 Å². The number of fused-ring (bicyclic) bond motifs is 1. The number of nitrogens with zero attached hydrogens (tertiary/aromatic N) is 2. The van der Waals surface area contributed by atoms with Gasteiger partial charge in [0.2, 0.25) is 0 Å². The summed E-state index contributed by atoms with van der Waals surface area (Å²) in [5, 5.41) is 7.17. The van der Waals surface area contributed by atoms with E-state index in [1.165, 1.54) is 0 Å². The maximum absolute atomic E-state index is 12.7. The number of halogens is 1. The molecule has 7 heteroatoms. The maximum Gasteiger partial charge on any atom is 0.273 e. The van der Waals surface area contributed by atoms with Crippen molar-refractivity contribution in [3.63, 3.8) is 0 Å². The van der Waals surface area contributed by atoms with E-state index in [4.69, 9.17) is 20.5 Å². The van der Waals surface area contributed by atoms with Crippen LogP contribution in [-0.2, 0) is 6.54 Å². The summed E-state index contributed by atoms with van der Waals surface area (Å²) < 4.78 is 12.3. The van der Waals surface area contributed by atoms with Crippen molar-refractivity contribution in [1.29, 1.82) is 0 Å². The Morgan fingerprint density at radius 3 is 2.88 bits per heavy atom. The summed E-state index contributed by atoms with van der Waals surface area (Å²) in [6, 6.07) is 12.7. The number of carbonyl (C=O) groups is 1. The first-order valence-electron chi connectivity index (χ1n) is 7.66. The molecule has 1 aromatic carbocycles. The Morgan fingerprint density at radius 2 is 2.12 bits per heavy atom. The smallest absolute Gasteiger partial charge is 0.273 e. The second-order valence-corrected chi connectivity index (χ2v) is 6.06. The van der Waals surface area contributed by atoms with E-state index in [-0.39, 0.29) is 5.91 Å². The molecule has 1 amide bonds. The fraction of sp³-hybridized carbons (Fsp3) is 0.111. The van der Waals surface area contributed by atoms with Crippen LogP contribution < -0.4 is 5.32 Å². The monoisotopic (exact) mass is 355 g/mol. The van der Waals surface area contributed by atoms with Gasteiger partial charge in [-0.2, -0.15) is 0 Å². The van der Waals surface area contributed by atoms with Gasteiger partial charge in [0, 0.05) is 29.8 Å². The van der Waals surface area contributed by atoms with Crippen molar-refractivity contribution in [2.24, 2.45) is 0 Å². The molecule has 4 rings (SSSR count). The van der Waals surface area contributed by atoms with Crippen LogP contribution >= 0.6 is 11.6 Å². The Kier molecular flexibility index (Phi) is 3.82. The first-order chi connectivity index (χ1) is 12.1. The highest BCUT2D eigenvalue weighted by Crippen LogP contribution is 2.25. The Labute approximate surface area is 148 Å². The normalized spacial score (nSPS) is 11.1. The SMILES string of the molecule is Cc1cc(NC(=O)c2cc3occc3n2Cc2ccccc2Cl)no1. The number of aromatic nitrogens is 2. The molecule has 0 spiro atoms. The summed E-state index contributed by atoms with van der Waals surface area (Å²) in [6.07, 6.45) is 1.59. The topological polar surface area (TPSA) is 73.2 Å². The zero-order valence-electron chi connectivity index (χ0n) is 13.3. The van der Waals surface area contributed by atoms with E-state index >= 15 is 0 Å². The first kappa shape index (κ1) is 15.5. The summed E-state index contributed by atoms with van der Waals surface area (Å²) in [5.74, 6) is 0.687. The third kappa shape index (κ3) is 2.92. The van der Waals surface area contributed by atoms with Crippen LogP contribution in [0.25, 0.3) is 11.1 Å². The number of aryl methyl sites for hydroxylation is 1. The van der Waals surface area contributed by atoms with Gasteiger partial charge < -0.3 is 18.8 Å². The van der Waals surface area contributed by atoms with Gasteiger partial charge in [0.15, 0.2) is 11.4 Å². The zero-order valence-corrected chi connectivity index (χ0v) is 14.1. The number of anilines is 1. The molecule has 1 N–H and O–H groups in total. The van der Waals surface area contributed by atoms with E-state index in [0.717, 1.165) is 11.1 Å². The van der Waals surface area contributed by atoms with Crippen molar-refractivity contribution in [3.8, 4) is 0 Å². The molecule has 3 heterocycles. The van der Waals surface area contributed by atoms with Gasteiger partial charge in [-0.25, -0.2) is 0 Å². The van der Waals surface area contributed by atoms with Gasteiger partial charge in [0.1, 0.15) is 11.5 Å². The molecule has 0 saturated heterocycles. The molecule has 0 unspecified atom stereocenters. The van der Waals surface area contributed by atoms with Crippen LogP contribution in [0, 0.1) is 6.92 Å². The second-order valence-electron chi connectivity index (χ2n) is 5.65. The molecule has 4 aromatic rings. The minimum absolute atomic E-state index is 0.299. The highest BCUT2D eigenvalue weighted by molar-refractivity contribution is 6.31. The molecule has 0 saturated carbocycles. The van der Waals surface area contributed by atoms with Crippen LogP contribution in [0.2, 0.25) is 5.02 Å². The Hall–Kier alpha value is -2.99. The largest absolute Gasteiger partial charge is 0.463 e. The van der Waals surface area contributed by atoms with E-state index in [1.807, 2.05) is 34.9 Å². The summed E-state index contributed by atoms with van der Waals surface area (Å²) in [5.41, 5.74) is 2.82. The molecule has 25 heavy (non-hydrogen) atoms. The number of hydrogen-bond donors (Lipinski definition) is 1. The summed E-state index contributed by atoms with van der Waals surface area (Å²) in [7, 11) is 0. The van der Waals surface area contributed by atoms with Gasteiger partial charge in [0.25, 0.3) is 5.91 Å². The van der Waals surface area contributed by atoms with Crippen molar-refractivity contribution in [2.45, 2.75) is 13.5 Å². The molecule has 6 nitrogen and oxygen atoms in total. The van der Waals surface area contributed by atoms with Crippen LogP contribution in [0.15, 0.2) is 57.7 Å². The summed E-state index contributed by atoms with van der Waals surface area (Å²) in [4.78, 5) is 12.7. The lowest BCUT2D eigenvalue weighted by molar-refractivity contribution is 0.101. The lowest BCUT2D eigenvalue weighted by atomic mass is 10.2. The highest BCUT2D eigenvalue weighted by Gasteiger charge is 2.19. The molecule has 3 aromatic heterocycles. The standard InChI is InChI=1S/C18H14ClN3O3/c1-11-8-17(21-25-11)20-18(23)15-9-16-14(6-7-24-16)22(15)10-12-4-2-3-5-13(12)19/h2-9H,10H2,1H3,(H,20,21,23). The van der Waals surface area contributed by atoms with Gasteiger partial charge >= 0.3 is 0 Å². The summed E-state index contributed by atoms with van der Waals surface area (Å²) in [6.45, 7) is 2.21. The van der Waals surface area contributed by atoms with Crippen LogP contribution in [0.4, 0.5) is 5.82 Å². The second kappa shape index (κ2) is 6.14. The molecule has 0 aliphatic rings. The Bertz CT molecular complexity index is 1060. The van der Waals surface area contributed by atoms with Gasteiger partial charge in [-0.05, 0) is 18.6 Å². The van der Waals surface area contributed by atoms with E-state index in [9.17, 15) is 4.79 Å². The Balaban J connectivity index is 1.72. The third-order valence-electron chi connectivity index (χ3n) is 3.91. The third-order valence-corrected chi connectivity index (χ3v) is 4.28. The molecule has 0 fully saturated rings. The number of nitrogens with one attached hydrogen (secondary N) is 1. The number of benzene rings is 1. The average Bonchev–Trinajstić information content (AvgIpc) is 3.27. The molecule has 0 aliphatic carbocycles. The van der Waals surface area contributed by atoms with E-state index in [2.05, 4.69) is 10.5 Å². The van der Waals surface area contributed by atoms with Crippen LogP contribution in [0.5, 0.6) is 0 Å². The number of furan rings is 1. The average molecular weight is 356 g/mol. The molecule has 0 bridgehead atoms. The highest BCUT2D eigenvalue weighted by atomic mass is 35.5. The number of carbonyl (C=O) groups excluding carboxylic acids is 1. The van der Waals surface area contributed by atoms with Crippen molar-refractivity contribution < 1.29 is 13.7 Å². The molecule has 0 atom stereocenters. The molecule has 0 aliphatic heterocycles. The molecular formula is C18H14ClN3O3. The molecule has 126 valence electrons. The van der Waals surface area contributed by atoms with Gasteiger partial charge in [-0.1, -0.05) is 35.0 Å². The van der Waals surface area contributed by atoms with Crippen molar-refractivity contribution in [2.75, 3.05) is 5.32 Å². The van der Waals surface area contributed by atoms with Gasteiger partial charge in [0.05, 0.1) is 11.8 Å². The fourth-order valence-electron chi connectivity index (χ4n) is 2.74. The maximum atomic E-state index is 12.7. The van der Waals surface area contributed by atoms with Gasteiger partial charge in [-0.3, -0.25) is 4.79 Å². The van der Waals surface area contributed by atoms with Crippen molar-refractivity contribution in [1.82, 2.24) is 9.72 Å². The van der Waals surface area contributed by atoms with Gasteiger partial charge in [-0.15, -0.1) is 0 Å². The molecular weight excluding hydrogens is 342 g/mol. The Morgan fingerprint density at radius 1 is 1.28 bits per heavy atom. The number of amides is 1. The van der Waals surface area contributed by atoms with Crippen LogP contribution in [0.3, 0.4) is 0 Å². The van der Waals surface area contributed by atoms with Crippen LogP contribution in [0.1, 0.15) is 21.8 Å². The quantitative estimate of drug-likeness (QED) is 0.585. The minimum atomic E-state index is -0.299. The molecule has 0 radical (unpaired) electrons. The van der Waals surface area contributed by atoms with E-state index in [0.29, 0.717) is 34.4 Å². The minimum Gasteiger partial charge on any atom is -0.463 e.